The number of carbonyl (C=O) groups excluding carboxylic acids is 2. The van der Waals surface area contributed by atoms with Crippen LogP contribution < -0.4 is 0 Å². The Balaban J connectivity index is 1.57. The van der Waals surface area contributed by atoms with Gasteiger partial charge in [0.25, 0.3) is 5.91 Å². The predicted octanol–water partition coefficient (Wildman–Crippen LogP) is 4.90. The Kier molecular flexibility index (Phi) is 7.10. The molecule has 0 radical (unpaired) electrons. The molecule has 0 spiro atoms. The van der Waals surface area contributed by atoms with Crippen molar-refractivity contribution in [2.75, 3.05) is 13.1 Å². The lowest BCUT2D eigenvalue weighted by Gasteiger charge is -2.41. The number of amides is 2. The third kappa shape index (κ3) is 6.01. The van der Waals surface area contributed by atoms with Gasteiger partial charge in [-0.05, 0) is 54.3 Å². The Labute approximate surface area is 201 Å². The summed E-state index contributed by atoms with van der Waals surface area (Å²) in [5.74, 6) is -0.760. The van der Waals surface area contributed by atoms with Crippen LogP contribution in [0, 0.1) is 0 Å². The van der Waals surface area contributed by atoms with E-state index in [2.05, 4.69) is 0 Å². The highest BCUT2D eigenvalue weighted by Crippen LogP contribution is 2.30. The van der Waals surface area contributed by atoms with Crippen molar-refractivity contribution in [2.45, 2.75) is 31.6 Å². The molecule has 1 saturated heterocycles. The standard InChI is InChI=1S/C27H25F3N2O3/c28-27(29,30)22-10-4-8-20(14-22)16-32-23(13-12-19-6-2-1-3-7-19)17-31(18-25(32)34)26(35)21-9-5-11-24(33)15-21/h1-11,14-15,23,33H,12-13,16-18H2/t23-/m0/s1. The van der Waals surface area contributed by atoms with Crippen LogP contribution in [0.2, 0.25) is 0 Å². The van der Waals surface area contributed by atoms with Crippen molar-refractivity contribution in [3.05, 3.63) is 101 Å². The van der Waals surface area contributed by atoms with E-state index in [4.69, 9.17) is 0 Å². The summed E-state index contributed by atoms with van der Waals surface area (Å²) in [6.45, 7) is 0.0810. The molecule has 2 amide bonds. The fourth-order valence-electron chi connectivity index (χ4n) is 4.34. The highest BCUT2D eigenvalue weighted by Gasteiger charge is 2.36. The second-order valence-corrected chi connectivity index (χ2v) is 8.63. The van der Waals surface area contributed by atoms with Gasteiger partial charge in [-0.2, -0.15) is 13.2 Å². The molecule has 1 aliphatic heterocycles. The number of aromatic hydroxyl groups is 1. The van der Waals surface area contributed by atoms with Crippen LogP contribution in [0.15, 0.2) is 78.9 Å². The zero-order chi connectivity index (χ0) is 25.0. The number of hydrogen-bond donors (Lipinski definition) is 1. The first-order chi connectivity index (χ1) is 16.7. The van der Waals surface area contributed by atoms with E-state index in [1.165, 1.54) is 23.1 Å². The molecule has 1 heterocycles. The lowest BCUT2D eigenvalue weighted by molar-refractivity contribution is -0.139. The number of carbonyl (C=O) groups is 2. The van der Waals surface area contributed by atoms with Gasteiger partial charge < -0.3 is 14.9 Å². The number of piperazine rings is 1. The highest BCUT2D eigenvalue weighted by atomic mass is 19.4. The molecule has 0 bridgehead atoms. The molecule has 1 atom stereocenters. The van der Waals surface area contributed by atoms with Gasteiger partial charge in [0.05, 0.1) is 11.6 Å². The van der Waals surface area contributed by atoms with Crippen molar-refractivity contribution >= 4 is 11.8 Å². The van der Waals surface area contributed by atoms with Crippen LogP contribution in [0.25, 0.3) is 0 Å². The Morgan fingerprint density at radius 2 is 1.66 bits per heavy atom. The van der Waals surface area contributed by atoms with Crippen molar-refractivity contribution in [2.24, 2.45) is 0 Å². The first-order valence-electron chi connectivity index (χ1n) is 11.3. The molecule has 0 aliphatic carbocycles. The van der Waals surface area contributed by atoms with Gasteiger partial charge in [-0.1, -0.05) is 48.5 Å². The van der Waals surface area contributed by atoms with Crippen molar-refractivity contribution < 1.29 is 27.9 Å². The van der Waals surface area contributed by atoms with E-state index in [1.54, 1.807) is 23.1 Å². The fraction of sp³-hybridized carbons (Fsp3) is 0.259. The lowest BCUT2D eigenvalue weighted by atomic mass is 9.99. The molecule has 35 heavy (non-hydrogen) atoms. The van der Waals surface area contributed by atoms with E-state index in [-0.39, 0.29) is 48.8 Å². The van der Waals surface area contributed by atoms with Crippen molar-refractivity contribution in [1.29, 1.82) is 0 Å². The molecule has 1 aliphatic rings. The third-order valence-corrected chi connectivity index (χ3v) is 6.11. The first-order valence-corrected chi connectivity index (χ1v) is 11.3. The topological polar surface area (TPSA) is 60.9 Å². The number of aryl methyl sites for hydroxylation is 1. The minimum atomic E-state index is -4.47. The third-order valence-electron chi connectivity index (χ3n) is 6.11. The number of alkyl halides is 3. The van der Waals surface area contributed by atoms with Crippen LogP contribution in [0.5, 0.6) is 5.75 Å². The maximum Gasteiger partial charge on any atom is 0.416 e. The smallest absolute Gasteiger partial charge is 0.416 e. The molecule has 0 aromatic heterocycles. The summed E-state index contributed by atoms with van der Waals surface area (Å²) in [6, 6.07) is 20.2. The molecule has 0 unspecified atom stereocenters. The van der Waals surface area contributed by atoms with Crippen LogP contribution in [0.1, 0.15) is 33.5 Å². The molecule has 182 valence electrons. The van der Waals surface area contributed by atoms with Gasteiger partial charge in [0.15, 0.2) is 0 Å². The van der Waals surface area contributed by atoms with E-state index >= 15 is 0 Å². The Morgan fingerprint density at radius 1 is 0.943 bits per heavy atom. The van der Waals surface area contributed by atoms with Crippen LogP contribution in [0.4, 0.5) is 13.2 Å². The zero-order valence-electron chi connectivity index (χ0n) is 18.9. The molecule has 8 heteroatoms. The molecular formula is C27H25F3N2O3. The van der Waals surface area contributed by atoms with E-state index in [0.29, 0.717) is 18.4 Å². The average molecular weight is 483 g/mol. The van der Waals surface area contributed by atoms with Gasteiger partial charge in [-0.25, -0.2) is 0 Å². The Morgan fingerprint density at radius 3 is 2.37 bits per heavy atom. The van der Waals surface area contributed by atoms with Gasteiger partial charge in [-0.15, -0.1) is 0 Å². The Bertz CT molecular complexity index is 1200. The molecule has 0 saturated carbocycles. The van der Waals surface area contributed by atoms with Gasteiger partial charge in [0, 0.05) is 18.7 Å². The number of halogens is 3. The van der Waals surface area contributed by atoms with Crippen LogP contribution in [0.3, 0.4) is 0 Å². The summed E-state index contributed by atoms with van der Waals surface area (Å²) in [5, 5.41) is 9.73. The van der Waals surface area contributed by atoms with Crippen LogP contribution in [-0.2, 0) is 23.9 Å². The number of phenols is 1. The van der Waals surface area contributed by atoms with E-state index < -0.39 is 11.7 Å². The molecule has 4 rings (SSSR count). The SMILES string of the molecule is O=C(c1cccc(O)c1)N1CC(=O)N(Cc2cccc(C(F)(F)F)c2)[C@@H](CCc2ccccc2)C1. The maximum absolute atomic E-state index is 13.2. The van der Waals surface area contributed by atoms with Gasteiger partial charge in [0.2, 0.25) is 5.91 Å². The molecule has 3 aromatic carbocycles. The summed E-state index contributed by atoms with van der Waals surface area (Å²) in [4.78, 5) is 29.2. The summed E-state index contributed by atoms with van der Waals surface area (Å²) in [6.07, 6.45) is -3.29. The monoisotopic (exact) mass is 482 g/mol. The summed E-state index contributed by atoms with van der Waals surface area (Å²) in [5.41, 5.74) is 0.952. The summed E-state index contributed by atoms with van der Waals surface area (Å²) < 4.78 is 39.6. The van der Waals surface area contributed by atoms with E-state index in [0.717, 1.165) is 17.7 Å². The molecule has 1 fully saturated rings. The quantitative estimate of drug-likeness (QED) is 0.544. The minimum absolute atomic E-state index is 0.0242. The fourth-order valence-corrected chi connectivity index (χ4v) is 4.34. The first kappa shape index (κ1) is 24.3. The zero-order valence-corrected chi connectivity index (χ0v) is 18.9. The summed E-state index contributed by atoms with van der Waals surface area (Å²) in [7, 11) is 0. The molecular weight excluding hydrogens is 457 g/mol. The second kappa shape index (κ2) is 10.2. The number of phenolic OH excluding ortho intramolecular Hbond substituents is 1. The van der Waals surface area contributed by atoms with Gasteiger partial charge in [0.1, 0.15) is 12.3 Å². The minimum Gasteiger partial charge on any atom is -0.508 e. The van der Waals surface area contributed by atoms with Crippen molar-refractivity contribution in [3.63, 3.8) is 0 Å². The normalized spacial score (nSPS) is 16.4. The molecule has 3 aromatic rings. The maximum atomic E-state index is 13.2. The number of benzene rings is 3. The lowest BCUT2D eigenvalue weighted by Crippen LogP contribution is -2.57. The van der Waals surface area contributed by atoms with Gasteiger partial charge >= 0.3 is 6.18 Å². The summed E-state index contributed by atoms with van der Waals surface area (Å²) >= 11 is 0. The largest absolute Gasteiger partial charge is 0.508 e. The van der Waals surface area contributed by atoms with Crippen LogP contribution >= 0.6 is 0 Å². The number of hydrogen-bond acceptors (Lipinski definition) is 3. The molecule has 5 nitrogen and oxygen atoms in total. The van der Waals surface area contributed by atoms with Crippen LogP contribution in [-0.4, -0.2) is 45.9 Å². The van der Waals surface area contributed by atoms with Gasteiger partial charge in [-0.3, -0.25) is 9.59 Å². The number of nitrogens with zero attached hydrogens (tertiary/aromatic N) is 2. The van der Waals surface area contributed by atoms with E-state index in [9.17, 15) is 27.9 Å². The van der Waals surface area contributed by atoms with Crippen molar-refractivity contribution in [3.8, 4) is 5.75 Å². The van der Waals surface area contributed by atoms with E-state index in [1.807, 2.05) is 30.3 Å². The number of rotatable bonds is 6. The predicted molar refractivity (Wildman–Crippen MR) is 125 cm³/mol. The molecule has 1 N–H and O–H groups in total. The average Bonchev–Trinajstić information content (AvgIpc) is 2.84. The Hall–Kier alpha value is -3.81. The van der Waals surface area contributed by atoms with Crippen molar-refractivity contribution in [1.82, 2.24) is 9.80 Å². The highest BCUT2D eigenvalue weighted by molar-refractivity contribution is 5.97. The second-order valence-electron chi connectivity index (χ2n) is 8.63.